The van der Waals surface area contributed by atoms with Gasteiger partial charge in [0.25, 0.3) is 17.4 Å². The van der Waals surface area contributed by atoms with Crippen LogP contribution in [0.15, 0.2) is 62.4 Å². The number of hydrogen-bond acceptors (Lipinski definition) is 5. The van der Waals surface area contributed by atoms with Gasteiger partial charge in [0.15, 0.2) is 10.4 Å². The van der Waals surface area contributed by atoms with Gasteiger partial charge in [0, 0.05) is 56.0 Å². The zero-order valence-corrected chi connectivity index (χ0v) is 23.8. The van der Waals surface area contributed by atoms with Crippen LogP contribution in [-0.4, -0.2) is 47.5 Å². The molecule has 6 rings (SSSR count). The summed E-state index contributed by atoms with van der Waals surface area (Å²) in [6, 6.07) is 14.4. The normalized spacial score (nSPS) is 24.3. The minimum absolute atomic E-state index is 0.0139. The third kappa shape index (κ3) is 5.16. The summed E-state index contributed by atoms with van der Waals surface area (Å²) >= 11 is 3.26. The number of nitrogens with zero attached hydrogens (tertiary/aromatic N) is 3. The van der Waals surface area contributed by atoms with E-state index in [2.05, 4.69) is 40.0 Å². The summed E-state index contributed by atoms with van der Waals surface area (Å²) < 4.78 is 7.88. The molecule has 2 fully saturated rings. The van der Waals surface area contributed by atoms with Gasteiger partial charge in [-0.1, -0.05) is 19.9 Å². The smallest absolute Gasteiger partial charge is 0.291 e. The van der Waals surface area contributed by atoms with E-state index in [4.69, 9.17) is 4.42 Å². The van der Waals surface area contributed by atoms with Gasteiger partial charge in [0.2, 0.25) is 0 Å². The molecule has 2 aromatic heterocycles. The van der Waals surface area contributed by atoms with Crippen LogP contribution in [0.4, 0.5) is 11.4 Å². The maximum absolute atomic E-state index is 13.6. The number of halogens is 1. The number of carbonyl (C=O) groups is 2. The Balaban J connectivity index is 1.33. The fourth-order valence-electron chi connectivity index (χ4n) is 6.77. The number of hydrogen-bond donors (Lipinski definition) is 1. The van der Waals surface area contributed by atoms with Crippen molar-refractivity contribution >= 4 is 39.1 Å². The lowest BCUT2D eigenvalue weighted by atomic mass is 9.83. The van der Waals surface area contributed by atoms with Crippen LogP contribution in [0.5, 0.6) is 0 Å². The van der Waals surface area contributed by atoms with Crippen LogP contribution in [0.25, 0.3) is 0 Å². The van der Waals surface area contributed by atoms with Crippen molar-refractivity contribution in [2.24, 2.45) is 17.8 Å². The second kappa shape index (κ2) is 10.3. The van der Waals surface area contributed by atoms with E-state index in [1.165, 1.54) is 0 Å². The number of anilines is 2. The highest BCUT2D eigenvalue weighted by Crippen LogP contribution is 2.39. The monoisotopic (exact) mass is 592 g/mol. The van der Waals surface area contributed by atoms with Gasteiger partial charge < -0.3 is 24.1 Å². The molecule has 0 saturated carbocycles. The topological polar surface area (TPSA) is 87.8 Å². The second-order valence-electron chi connectivity index (χ2n) is 11.5. The molecule has 0 aliphatic carbocycles. The van der Waals surface area contributed by atoms with E-state index >= 15 is 0 Å². The number of amides is 2. The maximum atomic E-state index is 13.6. The first-order valence-electron chi connectivity index (χ1n) is 13.7. The van der Waals surface area contributed by atoms with Crippen molar-refractivity contribution in [3.63, 3.8) is 0 Å². The summed E-state index contributed by atoms with van der Waals surface area (Å²) in [5, 5.41) is 3.03. The van der Waals surface area contributed by atoms with Crippen LogP contribution < -0.4 is 15.8 Å². The minimum atomic E-state index is -0.374. The molecule has 1 aromatic carbocycles. The Hall–Kier alpha value is -3.33. The van der Waals surface area contributed by atoms with E-state index in [0.29, 0.717) is 40.2 Å². The summed E-state index contributed by atoms with van der Waals surface area (Å²) in [6.07, 6.45) is 2.15. The number of aromatic nitrogens is 1. The third-order valence-electron chi connectivity index (χ3n) is 8.27. The predicted molar refractivity (Wildman–Crippen MR) is 153 cm³/mol. The highest BCUT2D eigenvalue weighted by atomic mass is 79.9. The fraction of sp³-hybridized carbons (Fsp3) is 0.433. The number of benzene rings is 1. The van der Waals surface area contributed by atoms with E-state index in [1.807, 2.05) is 33.7 Å². The maximum Gasteiger partial charge on any atom is 0.291 e. The molecule has 1 N–H and O–H groups in total. The third-order valence-corrected chi connectivity index (χ3v) is 8.69. The summed E-state index contributed by atoms with van der Waals surface area (Å²) in [6.45, 7) is 8.02. The Morgan fingerprint density at radius 2 is 1.74 bits per heavy atom. The summed E-state index contributed by atoms with van der Waals surface area (Å²) in [4.78, 5) is 43.4. The Bertz CT molecular complexity index is 1470. The van der Waals surface area contributed by atoms with Crippen molar-refractivity contribution in [3.8, 4) is 0 Å². The SMILES string of the molecule is C[C@@H]1C[C@@H](C)CN(C(=O)c2ccc(N3C[C@H]4C[C@@H](C3)c3cccc(=O)n3C4)c(NC(=O)c3ccc(Br)o3)c2)C1. The molecule has 204 valence electrons. The molecule has 2 saturated heterocycles. The molecule has 0 radical (unpaired) electrons. The number of nitrogens with one attached hydrogen (secondary N) is 1. The molecule has 2 bridgehead atoms. The average Bonchev–Trinajstić information content (AvgIpc) is 3.34. The van der Waals surface area contributed by atoms with Crippen LogP contribution in [0.2, 0.25) is 0 Å². The molecule has 9 heteroatoms. The van der Waals surface area contributed by atoms with E-state index in [1.54, 1.807) is 24.3 Å². The quantitative estimate of drug-likeness (QED) is 0.450. The van der Waals surface area contributed by atoms with Crippen molar-refractivity contribution in [3.05, 3.63) is 80.6 Å². The Labute approximate surface area is 236 Å². The molecule has 3 aliphatic heterocycles. The lowest BCUT2D eigenvalue weighted by molar-refractivity contribution is 0.0623. The van der Waals surface area contributed by atoms with E-state index in [9.17, 15) is 14.4 Å². The van der Waals surface area contributed by atoms with Crippen LogP contribution in [0, 0.1) is 17.8 Å². The summed E-state index contributed by atoms with van der Waals surface area (Å²) in [5.74, 6) is 1.24. The zero-order chi connectivity index (χ0) is 27.3. The van der Waals surface area contributed by atoms with Crippen LogP contribution in [-0.2, 0) is 6.54 Å². The standard InChI is InChI=1S/C30H33BrN4O4/c1-18-10-19(2)14-34(13-18)30(38)21-6-7-25(23(12-21)32-29(37)26-8-9-27(31)39-26)33-15-20-11-22(17-33)24-4-3-5-28(36)35(24)16-20/h3-9,12,18-20,22H,10-11,13-17H2,1-2H3,(H,32,37)/t18-,19-,20-,22+/m1/s1. The fourth-order valence-corrected chi connectivity index (χ4v) is 7.08. The first kappa shape index (κ1) is 25.9. The van der Waals surface area contributed by atoms with E-state index < -0.39 is 0 Å². The Morgan fingerprint density at radius 3 is 2.49 bits per heavy atom. The number of rotatable bonds is 4. The van der Waals surface area contributed by atoms with Crippen LogP contribution in [0.3, 0.4) is 0 Å². The highest BCUT2D eigenvalue weighted by Gasteiger charge is 2.36. The molecule has 5 heterocycles. The number of likely N-dealkylation sites (tertiary alicyclic amines) is 1. The van der Waals surface area contributed by atoms with Crippen molar-refractivity contribution < 1.29 is 14.0 Å². The molecule has 2 amide bonds. The Morgan fingerprint density at radius 1 is 0.949 bits per heavy atom. The first-order valence-corrected chi connectivity index (χ1v) is 14.5. The zero-order valence-electron chi connectivity index (χ0n) is 22.2. The van der Waals surface area contributed by atoms with Gasteiger partial charge >= 0.3 is 0 Å². The minimum Gasteiger partial charge on any atom is -0.444 e. The van der Waals surface area contributed by atoms with E-state index in [0.717, 1.165) is 50.4 Å². The van der Waals surface area contributed by atoms with Crippen molar-refractivity contribution in [2.75, 3.05) is 36.4 Å². The summed E-state index contributed by atoms with van der Waals surface area (Å²) in [5.41, 5.74) is 3.13. The molecule has 3 aliphatic rings. The van der Waals surface area contributed by atoms with E-state index in [-0.39, 0.29) is 29.1 Å². The van der Waals surface area contributed by atoms with Crippen molar-refractivity contribution in [1.29, 1.82) is 0 Å². The van der Waals surface area contributed by atoms with Gasteiger partial charge in [0.1, 0.15) is 0 Å². The molecule has 0 unspecified atom stereocenters. The molecule has 4 atom stereocenters. The number of furan rings is 1. The lowest BCUT2D eigenvalue weighted by Gasteiger charge is -2.44. The van der Waals surface area contributed by atoms with Crippen molar-refractivity contribution in [1.82, 2.24) is 9.47 Å². The molecule has 3 aromatic rings. The predicted octanol–water partition coefficient (Wildman–Crippen LogP) is 5.20. The average molecular weight is 594 g/mol. The molecule has 8 nitrogen and oxygen atoms in total. The molecular weight excluding hydrogens is 560 g/mol. The van der Waals surface area contributed by atoms with Gasteiger partial charge in [-0.25, -0.2) is 0 Å². The molecule has 0 spiro atoms. The van der Waals surface area contributed by atoms with Gasteiger partial charge in [-0.15, -0.1) is 0 Å². The van der Waals surface area contributed by atoms with Crippen LogP contribution >= 0.6 is 15.9 Å². The van der Waals surface area contributed by atoms with Crippen molar-refractivity contribution in [2.45, 2.75) is 39.2 Å². The first-order chi connectivity index (χ1) is 18.7. The number of piperidine rings is 2. The van der Waals surface area contributed by atoms with Gasteiger partial charge in [0.05, 0.1) is 11.4 Å². The number of carbonyl (C=O) groups excluding carboxylic acids is 2. The number of fused-ring (bicyclic) bond motifs is 4. The number of pyridine rings is 1. The molecular formula is C30H33BrN4O4. The van der Waals surface area contributed by atoms with Gasteiger partial charge in [-0.3, -0.25) is 14.4 Å². The highest BCUT2D eigenvalue weighted by molar-refractivity contribution is 9.10. The second-order valence-corrected chi connectivity index (χ2v) is 12.3. The largest absolute Gasteiger partial charge is 0.444 e. The van der Waals surface area contributed by atoms with Gasteiger partial charge in [-0.2, -0.15) is 0 Å². The Kier molecular flexibility index (Phi) is 6.87. The summed E-state index contributed by atoms with van der Waals surface area (Å²) in [7, 11) is 0. The van der Waals surface area contributed by atoms with Crippen LogP contribution in [0.1, 0.15) is 59.2 Å². The molecule has 39 heavy (non-hydrogen) atoms. The lowest BCUT2D eigenvalue weighted by Crippen LogP contribution is -2.47. The van der Waals surface area contributed by atoms with Gasteiger partial charge in [-0.05, 0) is 82.9 Å².